The quantitative estimate of drug-likeness (QED) is 0.853. The first-order valence-electron chi connectivity index (χ1n) is 6.03. The maximum atomic E-state index is 13.0. The predicted molar refractivity (Wildman–Crippen MR) is 64.2 cm³/mol. The van der Waals surface area contributed by atoms with Crippen molar-refractivity contribution in [1.29, 1.82) is 0 Å². The van der Waals surface area contributed by atoms with E-state index >= 15 is 0 Å². The van der Waals surface area contributed by atoms with E-state index in [9.17, 15) is 13.2 Å². The van der Waals surface area contributed by atoms with Crippen molar-refractivity contribution in [1.82, 2.24) is 5.32 Å². The summed E-state index contributed by atoms with van der Waals surface area (Å²) in [5, 5.41) is 3.26. The Labute approximate surface area is 104 Å². The molecule has 4 heteroatoms. The molecule has 1 aromatic carbocycles. The minimum absolute atomic E-state index is 0.0786. The minimum Gasteiger partial charge on any atom is -0.316 e. The molecule has 0 amide bonds. The SMILES string of the molecule is C=Cc1c(C(F)(F)F)cccc1C12CNCC1C2. The fourth-order valence-corrected chi connectivity index (χ4v) is 3.23. The fourth-order valence-electron chi connectivity index (χ4n) is 3.23. The lowest BCUT2D eigenvalue weighted by molar-refractivity contribution is -0.137. The van der Waals surface area contributed by atoms with Gasteiger partial charge in [0.05, 0.1) is 5.56 Å². The van der Waals surface area contributed by atoms with Gasteiger partial charge in [0.2, 0.25) is 0 Å². The second kappa shape index (κ2) is 3.60. The van der Waals surface area contributed by atoms with Crippen LogP contribution in [0, 0.1) is 5.92 Å². The Morgan fingerprint density at radius 1 is 1.39 bits per heavy atom. The lowest BCUT2D eigenvalue weighted by Crippen LogP contribution is -2.21. The number of halogens is 3. The molecular formula is C14H14F3N. The van der Waals surface area contributed by atoms with Crippen LogP contribution in [0.25, 0.3) is 6.08 Å². The standard InChI is InChI=1S/C14H14F3N/c1-2-10-11(13-6-9(13)7-18-8-13)4-3-5-12(10)14(15,16)17/h2-5,9,18H,1,6-8H2. The summed E-state index contributed by atoms with van der Waals surface area (Å²) in [7, 11) is 0. The maximum absolute atomic E-state index is 13.0. The van der Waals surface area contributed by atoms with Crippen molar-refractivity contribution < 1.29 is 13.2 Å². The van der Waals surface area contributed by atoms with E-state index in [1.54, 1.807) is 0 Å². The third-order valence-electron chi connectivity index (χ3n) is 4.22. The topological polar surface area (TPSA) is 12.0 Å². The molecule has 1 aliphatic heterocycles. The average molecular weight is 253 g/mol. The van der Waals surface area contributed by atoms with Crippen LogP contribution in [0.2, 0.25) is 0 Å². The normalized spacial score (nSPS) is 30.1. The number of hydrogen-bond acceptors (Lipinski definition) is 1. The summed E-state index contributed by atoms with van der Waals surface area (Å²) in [6.07, 6.45) is -1.98. The molecule has 2 unspecified atom stereocenters. The highest BCUT2D eigenvalue weighted by atomic mass is 19.4. The van der Waals surface area contributed by atoms with Crippen LogP contribution in [0.3, 0.4) is 0 Å². The zero-order valence-corrected chi connectivity index (χ0v) is 9.85. The summed E-state index contributed by atoms with van der Waals surface area (Å²) in [4.78, 5) is 0. The highest BCUT2D eigenvalue weighted by molar-refractivity contribution is 5.61. The van der Waals surface area contributed by atoms with E-state index in [0.717, 1.165) is 31.1 Å². The van der Waals surface area contributed by atoms with Gasteiger partial charge in [0.1, 0.15) is 0 Å². The summed E-state index contributed by atoms with van der Waals surface area (Å²) < 4.78 is 38.9. The third kappa shape index (κ3) is 1.52. The monoisotopic (exact) mass is 253 g/mol. The molecule has 2 atom stereocenters. The fraction of sp³-hybridized carbons (Fsp3) is 0.429. The maximum Gasteiger partial charge on any atom is 0.416 e. The van der Waals surface area contributed by atoms with Crippen LogP contribution >= 0.6 is 0 Å². The van der Waals surface area contributed by atoms with E-state index < -0.39 is 11.7 Å². The molecule has 1 saturated heterocycles. The molecule has 0 radical (unpaired) electrons. The van der Waals surface area contributed by atoms with Gasteiger partial charge >= 0.3 is 6.18 Å². The Bertz CT molecular complexity index is 506. The van der Waals surface area contributed by atoms with Gasteiger partial charge in [0.25, 0.3) is 0 Å². The lowest BCUT2D eigenvalue weighted by Gasteiger charge is -2.19. The second-order valence-corrected chi connectivity index (χ2v) is 5.16. The van der Waals surface area contributed by atoms with Crippen LogP contribution in [-0.2, 0) is 11.6 Å². The predicted octanol–water partition coefficient (Wildman–Crippen LogP) is 3.21. The van der Waals surface area contributed by atoms with Crippen LogP contribution in [0.1, 0.15) is 23.1 Å². The van der Waals surface area contributed by atoms with Gasteiger partial charge in [-0.3, -0.25) is 0 Å². The number of benzene rings is 1. The Balaban J connectivity index is 2.14. The highest BCUT2D eigenvalue weighted by Crippen LogP contribution is 2.58. The van der Waals surface area contributed by atoms with E-state index in [1.165, 1.54) is 12.1 Å². The summed E-state index contributed by atoms with van der Waals surface area (Å²) in [6.45, 7) is 5.25. The van der Waals surface area contributed by atoms with Gasteiger partial charge in [-0.25, -0.2) is 0 Å². The average Bonchev–Trinajstić information content (AvgIpc) is 2.90. The summed E-state index contributed by atoms with van der Waals surface area (Å²) in [6, 6.07) is 4.46. The number of fused-ring (bicyclic) bond motifs is 1. The molecule has 1 aliphatic carbocycles. The molecule has 2 aliphatic rings. The Morgan fingerprint density at radius 3 is 2.67 bits per heavy atom. The molecular weight excluding hydrogens is 239 g/mol. The molecule has 0 aromatic heterocycles. The highest BCUT2D eigenvalue weighted by Gasteiger charge is 2.59. The zero-order chi connectivity index (χ0) is 13.0. The second-order valence-electron chi connectivity index (χ2n) is 5.16. The molecule has 0 bridgehead atoms. The molecule has 1 aromatic rings. The van der Waals surface area contributed by atoms with Crippen molar-refractivity contribution in [2.75, 3.05) is 13.1 Å². The molecule has 1 nitrogen and oxygen atoms in total. The van der Waals surface area contributed by atoms with Crippen LogP contribution in [0.4, 0.5) is 13.2 Å². The summed E-state index contributed by atoms with van der Waals surface area (Å²) >= 11 is 0. The van der Waals surface area contributed by atoms with Crippen molar-refractivity contribution in [3.05, 3.63) is 41.5 Å². The van der Waals surface area contributed by atoms with Crippen LogP contribution < -0.4 is 5.32 Å². The first-order valence-corrected chi connectivity index (χ1v) is 6.03. The minimum atomic E-state index is -4.31. The van der Waals surface area contributed by atoms with E-state index in [0.29, 0.717) is 5.92 Å². The van der Waals surface area contributed by atoms with Gasteiger partial charge < -0.3 is 5.32 Å². The number of nitrogens with one attached hydrogen (secondary N) is 1. The lowest BCUT2D eigenvalue weighted by atomic mass is 9.88. The largest absolute Gasteiger partial charge is 0.416 e. The van der Waals surface area contributed by atoms with Gasteiger partial charge in [0, 0.05) is 12.0 Å². The van der Waals surface area contributed by atoms with Gasteiger partial charge in [-0.05, 0) is 36.1 Å². The Kier molecular flexibility index (Phi) is 2.36. The Hall–Kier alpha value is -1.29. The van der Waals surface area contributed by atoms with Gasteiger partial charge in [-0.2, -0.15) is 13.2 Å². The Morgan fingerprint density at radius 2 is 2.17 bits per heavy atom. The molecule has 96 valence electrons. The third-order valence-corrected chi connectivity index (χ3v) is 4.22. The van der Waals surface area contributed by atoms with Crippen molar-refractivity contribution in [3.8, 4) is 0 Å². The smallest absolute Gasteiger partial charge is 0.316 e. The number of alkyl halides is 3. The van der Waals surface area contributed by atoms with Crippen LogP contribution in [0.5, 0.6) is 0 Å². The number of rotatable bonds is 2. The molecule has 18 heavy (non-hydrogen) atoms. The summed E-state index contributed by atoms with van der Waals surface area (Å²) in [5.41, 5.74) is 0.422. The number of hydrogen-bond donors (Lipinski definition) is 1. The van der Waals surface area contributed by atoms with E-state index in [1.807, 2.05) is 6.07 Å². The van der Waals surface area contributed by atoms with Crippen molar-refractivity contribution in [2.24, 2.45) is 5.92 Å². The molecule has 3 rings (SSSR count). The van der Waals surface area contributed by atoms with Crippen molar-refractivity contribution >= 4 is 6.08 Å². The van der Waals surface area contributed by atoms with Crippen molar-refractivity contribution in [3.63, 3.8) is 0 Å². The van der Waals surface area contributed by atoms with Gasteiger partial charge in [0.15, 0.2) is 0 Å². The number of piperidine rings is 1. The van der Waals surface area contributed by atoms with Crippen molar-refractivity contribution in [2.45, 2.75) is 18.0 Å². The van der Waals surface area contributed by atoms with E-state index in [4.69, 9.17) is 0 Å². The molecule has 2 fully saturated rings. The molecule has 1 saturated carbocycles. The molecule has 0 spiro atoms. The van der Waals surface area contributed by atoms with Gasteiger partial charge in [-0.15, -0.1) is 0 Å². The first-order chi connectivity index (χ1) is 8.49. The van der Waals surface area contributed by atoms with Crippen LogP contribution in [-0.4, -0.2) is 13.1 Å². The van der Waals surface area contributed by atoms with Crippen LogP contribution in [0.15, 0.2) is 24.8 Å². The van der Waals surface area contributed by atoms with Gasteiger partial charge in [-0.1, -0.05) is 24.8 Å². The van der Waals surface area contributed by atoms with E-state index in [2.05, 4.69) is 11.9 Å². The van der Waals surface area contributed by atoms with E-state index in [-0.39, 0.29) is 11.0 Å². The molecule has 1 N–H and O–H groups in total. The summed E-state index contributed by atoms with van der Waals surface area (Å²) in [5.74, 6) is 0.486. The first kappa shape index (κ1) is 11.8. The molecule has 1 heterocycles. The zero-order valence-electron chi connectivity index (χ0n) is 9.85.